The summed E-state index contributed by atoms with van der Waals surface area (Å²) in [6, 6.07) is 4.89. The number of carbonyl (C=O) groups is 2. The van der Waals surface area contributed by atoms with Crippen molar-refractivity contribution >= 4 is 29.3 Å². The Kier molecular flexibility index (Phi) is 8.43. The monoisotopic (exact) mass is 631 g/mol. The van der Waals surface area contributed by atoms with Gasteiger partial charge < -0.3 is 19.1 Å². The Hall–Kier alpha value is -4.03. The van der Waals surface area contributed by atoms with Crippen molar-refractivity contribution < 1.29 is 37.0 Å². The molecular weight excluding hydrogens is 591 g/mol. The maximum atomic E-state index is 13.9. The molecule has 244 valence electrons. The lowest BCUT2D eigenvalue weighted by Gasteiger charge is -2.34. The summed E-state index contributed by atoms with van der Waals surface area (Å²) in [7, 11) is 0. The number of benzene rings is 1. The zero-order valence-corrected chi connectivity index (χ0v) is 26.7. The molecule has 0 radical (unpaired) electrons. The highest BCUT2D eigenvalue weighted by Crippen LogP contribution is 2.43. The number of rotatable bonds is 5. The van der Waals surface area contributed by atoms with Gasteiger partial charge in [0.25, 0.3) is 0 Å². The van der Waals surface area contributed by atoms with E-state index >= 15 is 0 Å². The minimum atomic E-state index is -4.64. The third kappa shape index (κ3) is 7.80. The van der Waals surface area contributed by atoms with Gasteiger partial charge in [0.05, 0.1) is 24.0 Å². The van der Waals surface area contributed by atoms with E-state index in [0.717, 1.165) is 35.4 Å². The van der Waals surface area contributed by atoms with Gasteiger partial charge in [0.1, 0.15) is 17.3 Å². The van der Waals surface area contributed by atoms with E-state index in [9.17, 15) is 22.8 Å². The highest BCUT2D eigenvalue weighted by molar-refractivity contribution is 5.96. The predicted molar refractivity (Wildman–Crippen MR) is 161 cm³/mol. The Morgan fingerprint density at radius 3 is 2.27 bits per heavy atom. The van der Waals surface area contributed by atoms with E-state index in [0.29, 0.717) is 30.6 Å². The summed E-state index contributed by atoms with van der Waals surface area (Å²) in [5.74, 6) is 0.476. The van der Waals surface area contributed by atoms with Crippen LogP contribution < -0.4 is 9.64 Å². The van der Waals surface area contributed by atoms with Gasteiger partial charge in [-0.25, -0.2) is 14.5 Å². The maximum Gasteiger partial charge on any atom is 0.420 e. The number of likely N-dealkylation sites (tertiary alicyclic amines) is 1. The lowest BCUT2D eigenvalue weighted by atomic mass is 10.1. The highest BCUT2D eigenvalue weighted by Gasteiger charge is 2.36. The zero-order valence-electron chi connectivity index (χ0n) is 26.7. The molecule has 2 aliphatic rings. The standard InChI is InChI=1S/C32H40F3N5O5/c1-19-13-21(32(33,34)35)15-22(14-19)39(29(42)45-31(5,6)7)26-16-25(37-27-24(20-10-11-20)17-36-40(26)27)43-23-9-8-12-38(18-23)28(41)44-30(2,3)4/h13-17,20,23H,8-12,18H2,1-7H3/t23-/m0/s1. The molecule has 0 bridgehead atoms. The van der Waals surface area contributed by atoms with E-state index in [4.69, 9.17) is 19.2 Å². The highest BCUT2D eigenvalue weighted by atomic mass is 19.4. The van der Waals surface area contributed by atoms with Gasteiger partial charge in [-0.1, -0.05) is 0 Å². The number of aryl methyl sites for hydroxylation is 1. The van der Waals surface area contributed by atoms with Crippen molar-refractivity contribution in [2.24, 2.45) is 0 Å². The summed E-state index contributed by atoms with van der Waals surface area (Å²) >= 11 is 0. The number of hydrogen-bond donors (Lipinski definition) is 0. The number of aromatic nitrogens is 3. The van der Waals surface area contributed by atoms with Crippen molar-refractivity contribution in [2.75, 3.05) is 18.0 Å². The first kappa shape index (κ1) is 32.4. The largest absolute Gasteiger partial charge is 0.472 e. The summed E-state index contributed by atoms with van der Waals surface area (Å²) in [4.78, 5) is 34.0. The molecule has 3 aromatic rings. The fourth-order valence-electron chi connectivity index (χ4n) is 5.24. The summed E-state index contributed by atoms with van der Waals surface area (Å²) in [5.41, 5.74) is -0.969. The third-order valence-corrected chi connectivity index (χ3v) is 7.24. The minimum Gasteiger partial charge on any atom is -0.472 e. The molecule has 45 heavy (non-hydrogen) atoms. The average Bonchev–Trinajstić information content (AvgIpc) is 3.65. The number of carbonyl (C=O) groups excluding carboxylic acids is 2. The number of anilines is 2. The van der Waals surface area contributed by atoms with Gasteiger partial charge >= 0.3 is 18.4 Å². The first-order valence-corrected chi connectivity index (χ1v) is 15.1. The van der Waals surface area contributed by atoms with Crippen LogP contribution in [0.1, 0.15) is 89.8 Å². The summed E-state index contributed by atoms with van der Waals surface area (Å²) < 4.78 is 60.8. The van der Waals surface area contributed by atoms with Gasteiger partial charge in [-0.2, -0.15) is 27.8 Å². The van der Waals surface area contributed by atoms with Gasteiger partial charge in [-0.05, 0) is 104 Å². The molecule has 1 aliphatic heterocycles. The van der Waals surface area contributed by atoms with Gasteiger partial charge in [-0.15, -0.1) is 0 Å². The van der Waals surface area contributed by atoms with Crippen molar-refractivity contribution in [3.8, 4) is 5.88 Å². The van der Waals surface area contributed by atoms with E-state index < -0.39 is 41.2 Å². The molecule has 0 spiro atoms. The smallest absolute Gasteiger partial charge is 0.420 e. The lowest BCUT2D eigenvalue weighted by Crippen LogP contribution is -2.46. The predicted octanol–water partition coefficient (Wildman–Crippen LogP) is 7.79. The molecule has 1 aromatic carbocycles. The van der Waals surface area contributed by atoms with Crippen LogP contribution in [0.5, 0.6) is 5.88 Å². The van der Waals surface area contributed by atoms with Crippen molar-refractivity contribution in [2.45, 2.75) is 104 Å². The molecule has 2 fully saturated rings. The topological polar surface area (TPSA) is 98.5 Å². The molecule has 2 amide bonds. The molecule has 0 N–H and O–H groups in total. The Bertz CT molecular complexity index is 1590. The van der Waals surface area contributed by atoms with Crippen LogP contribution in [0, 0.1) is 6.92 Å². The number of halogens is 3. The number of piperidine rings is 1. The molecule has 1 aliphatic carbocycles. The first-order valence-electron chi connectivity index (χ1n) is 15.1. The van der Waals surface area contributed by atoms with E-state index in [1.54, 1.807) is 52.6 Å². The molecule has 5 rings (SSSR count). The molecular formula is C32H40F3N5O5. The van der Waals surface area contributed by atoms with Crippen LogP contribution in [0.4, 0.5) is 34.3 Å². The zero-order chi connectivity index (χ0) is 32.9. The Morgan fingerprint density at radius 1 is 0.956 bits per heavy atom. The maximum absolute atomic E-state index is 13.9. The number of amides is 2. The van der Waals surface area contributed by atoms with Gasteiger partial charge in [0.2, 0.25) is 5.88 Å². The van der Waals surface area contributed by atoms with Crippen molar-refractivity contribution in [1.29, 1.82) is 0 Å². The van der Waals surface area contributed by atoms with E-state index in [2.05, 4.69) is 5.10 Å². The van der Waals surface area contributed by atoms with Crippen LogP contribution in [-0.4, -0.2) is 62.1 Å². The van der Waals surface area contributed by atoms with Crippen LogP contribution in [0.25, 0.3) is 5.65 Å². The van der Waals surface area contributed by atoms with Crippen LogP contribution in [0.3, 0.4) is 0 Å². The van der Waals surface area contributed by atoms with Crippen molar-refractivity contribution in [3.63, 3.8) is 0 Å². The molecule has 0 unspecified atom stereocenters. The molecule has 1 saturated heterocycles. The molecule has 3 heterocycles. The summed E-state index contributed by atoms with van der Waals surface area (Å²) in [6.07, 6.45) is -1.55. The summed E-state index contributed by atoms with van der Waals surface area (Å²) in [5, 5.41) is 4.51. The second kappa shape index (κ2) is 11.7. The van der Waals surface area contributed by atoms with E-state index in [1.807, 2.05) is 0 Å². The Labute approximate surface area is 260 Å². The molecule has 10 nitrogen and oxygen atoms in total. The van der Waals surface area contributed by atoms with Gasteiger partial charge in [0, 0.05) is 18.2 Å². The van der Waals surface area contributed by atoms with Crippen LogP contribution in [0.15, 0.2) is 30.5 Å². The Balaban J connectivity index is 1.59. The fraction of sp³-hybridized carbons (Fsp3) is 0.562. The Morgan fingerprint density at radius 2 is 1.64 bits per heavy atom. The number of fused-ring (bicyclic) bond motifs is 1. The molecule has 13 heteroatoms. The van der Waals surface area contributed by atoms with E-state index in [-0.39, 0.29) is 29.8 Å². The lowest BCUT2D eigenvalue weighted by molar-refractivity contribution is -0.137. The van der Waals surface area contributed by atoms with Crippen LogP contribution >= 0.6 is 0 Å². The summed E-state index contributed by atoms with van der Waals surface area (Å²) in [6.45, 7) is 12.7. The minimum absolute atomic E-state index is 0.0488. The second-order valence-electron chi connectivity index (χ2n) is 13.7. The van der Waals surface area contributed by atoms with Crippen LogP contribution in [0.2, 0.25) is 0 Å². The third-order valence-electron chi connectivity index (χ3n) is 7.24. The number of ether oxygens (including phenoxy) is 3. The molecule has 2 aromatic heterocycles. The normalized spacial score (nSPS) is 17.7. The van der Waals surface area contributed by atoms with Gasteiger partial charge in [0.15, 0.2) is 11.5 Å². The number of nitrogens with zero attached hydrogens (tertiary/aromatic N) is 5. The quantitative estimate of drug-likeness (QED) is 0.284. The number of alkyl halides is 3. The fourth-order valence-corrected chi connectivity index (χ4v) is 5.24. The SMILES string of the molecule is Cc1cc(N(C(=O)OC(C)(C)C)c2cc(O[C@H]3CCCN(C(=O)OC(C)(C)C)C3)nc3c(C4CC4)cnn23)cc(C(F)(F)F)c1. The van der Waals surface area contributed by atoms with Crippen molar-refractivity contribution in [1.82, 2.24) is 19.5 Å². The first-order chi connectivity index (χ1) is 20.9. The second-order valence-corrected chi connectivity index (χ2v) is 13.7. The molecule has 1 atom stereocenters. The number of hydrogen-bond acceptors (Lipinski definition) is 7. The molecule has 1 saturated carbocycles. The van der Waals surface area contributed by atoms with Gasteiger partial charge in [-0.3, -0.25) is 0 Å². The average molecular weight is 632 g/mol. The van der Waals surface area contributed by atoms with Crippen molar-refractivity contribution in [3.05, 3.63) is 47.2 Å². The van der Waals surface area contributed by atoms with E-state index in [1.165, 1.54) is 23.6 Å². The van der Waals surface area contributed by atoms with Crippen LogP contribution in [-0.2, 0) is 15.7 Å².